The number of halogens is 1. The molecule has 2 aromatic carbocycles. The standard InChI is InChI=1S/C18H22BrNS/c1-13-7-8-15(9-14(13)2)10-17(20-3)12-21-18-6-4-5-16(19)11-18/h4-9,11,17,20H,10,12H2,1-3H3. The fourth-order valence-corrected chi connectivity index (χ4v) is 3.83. The van der Waals surface area contributed by atoms with Crippen molar-refractivity contribution in [2.45, 2.75) is 31.2 Å². The summed E-state index contributed by atoms with van der Waals surface area (Å²) in [5.41, 5.74) is 4.15. The Labute approximate surface area is 140 Å². The fourth-order valence-electron chi connectivity index (χ4n) is 2.21. The monoisotopic (exact) mass is 363 g/mol. The van der Waals surface area contributed by atoms with Crippen molar-refractivity contribution in [1.29, 1.82) is 0 Å². The smallest absolute Gasteiger partial charge is 0.0199 e. The molecule has 0 aliphatic carbocycles. The molecule has 0 spiro atoms. The first kappa shape index (κ1) is 16.6. The van der Waals surface area contributed by atoms with Gasteiger partial charge in [0.2, 0.25) is 0 Å². The second-order valence-corrected chi connectivity index (χ2v) is 7.39. The van der Waals surface area contributed by atoms with Crippen LogP contribution in [0.2, 0.25) is 0 Å². The van der Waals surface area contributed by atoms with E-state index in [2.05, 4.69) is 77.6 Å². The first-order chi connectivity index (χ1) is 10.1. The van der Waals surface area contributed by atoms with Crippen molar-refractivity contribution in [1.82, 2.24) is 5.32 Å². The number of hydrogen-bond donors (Lipinski definition) is 1. The normalized spacial score (nSPS) is 12.4. The highest BCUT2D eigenvalue weighted by Gasteiger charge is 2.09. The van der Waals surface area contributed by atoms with Gasteiger partial charge in [-0.2, -0.15) is 0 Å². The van der Waals surface area contributed by atoms with Gasteiger partial charge in [0.1, 0.15) is 0 Å². The van der Waals surface area contributed by atoms with Crippen LogP contribution >= 0.6 is 27.7 Å². The molecule has 0 bridgehead atoms. The molecule has 0 saturated carbocycles. The third-order valence-corrected chi connectivity index (χ3v) is 5.36. The molecule has 2 rings (SSSR count). The van der Waals surface area contributed by atoms with Crippen LogP contribution in [-0.4, -0.2) is 18.8 Å². The molecule has 0 heterocycles. The predicted octanol–water partition coefficient (Wildman–Crippen LogP) is 4.99. The van der Waals surface area contributed by atoms with Crippen LogP contribution in [0.4, 0.5) is 0 Å². The highest BCUT2D eigenvalue weighted by atomic mass is 79.9. The van der Waals surface area contributed by atoms with Gasteiger partial charge in [-0.25, -0.2) is 0 Å². The maximum Gasteiger partial charge on any atom is 0.0199 e. The van der Waals surface area contributed by atoms with E-state index in [-0.39, 0.29) is 0 Å². The summed E-state index contributed by atoms with van der Waals surface area (Å²) in [6, 6.07) is 15.7. The summed E-state index contributed by atoms with van der Waals surface area (Å²) < 4.78 is 1.14. The van der Waals surface area contributed by atoms with E-state index < -0.39 is 0 Å². The summed E-state index contributed by atoms with van der Waals surface area (Å²) in [7, 11) is 2.05. The number of thioether (sulfide) groups is 1. The summed E-state index contributed by atoms with van der Waals surface area (Å²) in [4.78, 5) is 1.31. The lowest BCUT2D eigenvalue weighted by Gasteiger charge is -2.16. The SMILES string of the molecule is CNC(CSc1cccc(Br)c1)Cc1ccc(C)c(C)c1. The van der Waals surface area contributed by atoms with Crippen LogP contribution in [-0.2, 0) is 6.42 Å². The molecule has 1 nitrogen and oxygen atoms in total. The van der Waals surface area contributed by atoms with Crippen molar-refractivity contribution in [3.05, 3.63) is 63.6 Å². The van der Waals surface area contributed by atoms with E-state index in [0.29, 0.717) is 6.04 Å². The van der Waals surface area contributed by atoms with Crippen LogP contribution in [0.3, 0.4) is 0 Å². The highest BCUT2D eigenvalue weighted by Crippen LogP contribution is 2.23. The van der Waals surface area contributed by atoms with Crippen LogP contribution in [0, 0.1) is 13.8 Å². The van der Waals surface area contributed by atoms with Crippen molar-refractivity contribution in [3.63, 3.8) is 0 Å². The largest absolute Gasteiger partial charge is 0.316 e. The quantitative estimate of drug-likeness (QED) is 0.725. The molecule has 0 fully saturated rings. The lowest BCUT2D eigenvalue weighted by molar-refractivity contribution is 0.617. The first-order valence-corrected chi connectivity index (χ1v) is 8.98. The summed E-state index contributed by atoms with van der Waals surface area (Å²) in [6.45, 7) is 4.35. The molecule has 112 valence electrons. The molecule has 0 aromatic heterocycles. The van der Waals surface area contributed by atoms with Crippen LogP contribution in [0.5, 0.6) is 0 Å². The Hall–Kier alpha value is -0.770. The Kier molecular flexibility index (Phi) is 6.34. The lowest BCUT2D eigenvalue weighted by atomic mass is 10.0. The van der Waals surface area contributed by atoms with Gasteiger partial charge in [-0.1, -0.05) is 40.2 Å². The molecule has 0 aliphatic rings. The third-order valence-electron chi connectivity index (χ3n) is 3.71. The zero-order chi connectivity index (χ0) is 15.2. The summed E-state index contributed by atoms with van der Waals surface area (Å²) in [6.07, 6.45) is 1.07. The number of nitrogens with one attached hydrogen (secondary N) is 1. The van der Waals surface area contributed by atoms with Gasteiger partial charge in [-0.05, 0) is 62.2 Å². The molecule has 2 aromatic rings. The van der Waals surface area contributed by atoms with Gasteiger partial charge in [0.15, 0.2) is 0 Å². The van der Waals surface area contributed by atoms with Crippen molar-refractivity contribution in [3.8, 4) is 0 Å². The Morgan fingerprint density at radius 3 is 2.57 bits per heavy atom. The number of rotatable bonds is 6. The molecule has 0 radical (unpaired) electrons. The summed E-state index contributed by atoms with van der Waals surface area (Å²) in [5, 5.41) is 3.44. The number of likely N-dealkylation sites (N-methyl/N-ethyl adjacent to an activating group) is 1. The van der Waals surface area contributed by atoms with Gasteiger partial charge in [0, 0.05) is 21.2 Å². The van der Waals surface area contributed by atoms with E-state index in [1.807, 2.05) is 18.8 Å². The molecule has 1 atom stereocenters. The predicted molar refractivity (Wildman–Crippen MR) is 97.3 cm³/mol. The van der Waals surface area contributed by atoms with E-state index >= 15 is 0 Å². The molecule has 0 saturated heterocycles. The van der Waals surface area contributed by atoms with E-state index in [1.165, 1.54) is 21.6 Å². The summed E-state index contributed by atoms with van der Waals surface area (Å²) in [5.74, 6) is 1.07. The molecule has 21 heavy (non-hydrogen) atoms. The number of hydrogen-bond acceptors (Lipinski definition) is 2. The maximum atomic E-state index is 3.53. The van der Waals surface area contributed by atoms with E-state index in [0.717, 1.165) is 16.6 Å². The lowest BCUT2D eigenvalue weighted by Crippen LogP contribution is -2.30. The Bertz CT molecular complexity index is 598. The van der Waals surface area contributed by atoms with Gasteiger partial charge in [0.25, 0.3) is 0 Å². The molecular formula is C18H22BrNS. The highest BCUT2D eigenvalue weighted by molar-refractivity contribution is 9.10. The van der Waals surface area contributed by atoms with Crippen molar-refractivity contribution in [2.75, 3.05) is 12.8 Å². The fraction of sp³-hybridized carbons (Fsp3) is 0.333. The maximum absolute atomic E-state index is 3.53. The second kappa shape index (κ2) is 8.02. The van der Waals surface area contributed by atoms with Gasteiger partial charge < -0.3 is 5.32 Å². The van der Waals surface area contributed by atoms with Gasteiger partial charge >= 0.3 is 0 Å². The van der Waals surface area contributed by atoms with Gasteiger partial charge in [-0.3, -0.25) is 0 Å². The van der Waals surface area contributed by atoms with E-state index in [1.54, 1.807) is 0 Å². The minimum Gasteiger partial charge on any atom is -0.316 e. The minimum absolute atomic E-state index is 0.482. The second-order valence-electron chi connectivity index (χ2n) is 5.38. The van der Waals surface area contributed by atoms with E-state index in [9.17, 15) is 0 Å². The van der Waals surface area contributed by atoms with Crippen LogP contribution in [0.25, 0.3) is 0 Å². The molecular weight excluding hydrogens is 342 g/mol. The molecule has 1 unspecified atom stereocenters. The molecule has 0 aliphatic heterocycles. The van der Waals surface area contributed by atoms with E-state index in [4.69, 9.17) is 0 Å². The topological polar surface area (TPSA) is 12.0 Å². The van der Waals surface area contributed by atoms with Gasteiger partial charge in [-0.15, -0.1) is 11.8 Å². The third kappa shape index (κ3) is 5.17. The summed E-state index contributed by atoms with van der Waals surface area (Å²) >= 11 is 5.43. The number of benzene rings is 2. The van der Waals surface area contributed by atoms with Crippen LogP contribution in [0.15, 0.2) is 51.8 Å². The Balaban J connectivity index is 1.95. The van der Waals surface area contributed by atoms with Crippen molar-refractivity contribution in [2.24, 2.45) is 0 Å². The first-order valence-electron chi connectivity index (χ1n) is 7.20. The molecule has 0 amide bonds. The average molecular weight is 364 g/mol. The molecule has 1 N–H and O–H groups in total. The average Bonchev–Trinajstić information content (AvgIpc) is 2.47. The van der Waals surface area contributed by atoms with Crippen molar-refractivity contribution >= 4 is 27.7 Å². The van der Waals surface area contributed by atoms with Crippen molar-refractivity contribution < 1.29 is 0 Å². The Morgan fingerprint density at radius 2 is 1.90 bits per heavy atom. The number of aryl methyl sites for hydroxylation is 2. The zero-order valence-electron chi connectivity index (χ0n) is 12.8. The van der Waals surface area contributed by atoms with Crippen LogP contribution in [0.1, 0.15) is 16.7 Å². The minimum atomic E-state index is 0.482. The Morgan fingerprint density at radius 1 is 1.10 bits per heavy atom. The molecule has 3 heteroatoms. The van der Waals surface area contributed by atoms with Gasteiger partial charge in [0.05, 0.1) is 0 Å². The zero-order valence-corrected chi connectivity index (χ0v) is 15.2. The van der Waals surface area contributed by atoms with Crippen LogP contribution < -0.4 is 5.32 Å².